The second kappa shape index (κ2) is 8.62. The molecule has 1 amide bonds. The Morgan fingerprint density at radius 2 is 1.50 bits per heavy atom. The molecule has 3 aromatic carbocycles. The highest BCUT2D eigenvalue weighted by atomic mass is 127. The van der Waals surface area contributed by atoms with Gasteiger partial charge in [0.15, 0.2) is 12.4 Å². The van der Waals surface area contributed by atoms with Crippen molar-refractivity contribution < 1.29 is 14.3 Å². The summed E-state index contributed by atoms with van der Waals surface area (Å²) in [5, 5.41) is 2.82. The summed E-state index contributed by atoms with van der Waals surface area (Å²) in [5.74, 6) is -0.0482. The van der Waals surface area contributed by atoms with E-state index in [1.54, 1.807) is 36.4 Å². The minimum atomic E-state index is -0.284. The SMILES string of the molecule is O=C(COc1ccccc1C(=O)Nc1ccccc1)c1ccc(I)cc1. The minimum absolute atomic E-state index is 0.129. The van der Waals surface area contributed by atoms with Crippen molar-refractivity contribution in [1.82, 2.24) is 0 Å². The highest BCUT2D eigenvalue weighted by molar-refractivity contribution is 14.1. The number of halogens is 1. The molecule has 4 nitrogen and oxygen atoms in total. The lowest BCUT2D eigenvalue weighted by atomic mass is 10.1. The van der Waals surface area contributed by atoms with Crippen LogP contribution in [0.2, 0.25) is 0 Å². The van der Waals surface area contributed by atoms with Crippen LogP contribution in [0.4, 0.5) is 5.69 Å². The molecular formula is C21H16INO3. The van der Waals surface area contributed by atoms with Gasteiger partial charge >= 0.3 is 0 Å². The van der Waals surface area contributed by atoms with Crippen LogP contribution in [0.3, 0.4) is 0 Å². The zero-order chi connectivity index (χ0) is 18.4. The summed E-state index contributed by atoms with van der Waals surface area (Å²) >= 11 is 2.18. The predicted molar refractivity (Wildman–Crippen MR) is 110 cm³/mol. The molecule has 0 heterocycles. The minimum Gasteiger partial charge on any atom is -0.485 e. The number of anilines is 1. The van der Waals surface area contributed by atoms with Gasteiger partial charge in [0.2, 0.25) is 0 Å². The van der Waals surface area contributed by atoms with E-state index in [0.29, 0.717) is 22.6 Å². The Morgan fingerprint density at radius 1 is 0.846 bits per heavy atom. The second-order valence-electron chi connectivity index (χ2n) is 5.54. The average Bonchev–Trinajstić information content (AvgIpc) is 2.67. The third-order valence-electron chi connectivity index (χ3n) is 3.69. The molecule has 0 fully saturated rings. The number of rotatable bonds is 6. The molecule has 1 N–H and O–H groups in total. The summed E-state index contributed by atoms with van der Waals surface area (Å²) in [4.78, 5) is 24.8. The number of nitrogens with one attached hydrogen (secondary N) is 1. The fraction of sp³-hybridized carbons (Fsp3) is 0.0476. The van der Waals surface area contributed by atoms with Crippen LogP contribution < -0.4 is 10.1 Å². The topological polar surface area (TPSA) is 55.4 Å². The number of carbonyl (C=O) groups excluding carboxylic acids is 2. The normalized spacial score (nSPS) is 10.2. The zero-order valence-corrected chi connectivity index (χ0v) is 16.0. The van der Waals surface area contributed by atoms with Crippen LogP contribution >= 0.6 is 22.6 Å². The van der Waals surface area contributed by atoms with Gasteiger partial charge in [-0.2, -0.15) is 0 Å². The van der Waals surface area contributed by atoms with E-state index < -0.39 is 0 Å². The summed E-state index contributed by atoms with van der Waals surface area (Å²) in [5.41, 5.74) is 1.66. The average molecular weight is 457 g/mol. The molecule has 0 aromatic heterocycles. The fourth-order valence-corrected chi connectivity index (χ4v) is 2.72. The van der Waals surface area contributed by atoms with Crippen molar-refractivity contribution in [3.8, 4) is 5.75 Å². The lowest BCUT2D eigenvalue weighted by Gasteiger charge is -2.11. The molecule has 0 unspecified atom stereocenters. The maximum absolute atomic E-state index is 12.5. The number of ether oxygens (including phenoxy) is 1. The smallest absolute Gasteiger partial charge is 0.259 e. The first-order chi connectivity index (χ1) is 12.6. The van der Waals surface area contributed by atoms with Gasteiger partial charge in [0.1, 0.15) is 5.75 Å². The van der Waals surface area contributed by atoms with Crippen LogP contribution in [0.1, 0.15) is 20.7 Å². The Kier molecular flexibility index (Phi) is 6.01. The molecule has 0 saturated carbocycles. The summed E-state index contributed by atoms with van der Waals surface area (Å²) in [6, 6.07) is 23.3. The summed E-state index contributed by atoms with van der Waals surface area (Å²) in [6.45, 7) is -0.129. The van der Waals surface area contributed by atoms with E-state index in [4.69, 9.17) is 4.74 Å². The Bertz CT molecular complexity index is 908. The second-order valence-corrected chi connectivity index (χ2v) is 6.78. The number of hydrogen-bond donors (Lipinski definition) is 1. The molecule has 3 rings (SSSR count). The zero-order valence-electron chi connectivity index (χ0n) is 13.8. The largest absolute Gasteiger partial charge is 0.485 e. The highest BCUT2D eigenvalue weighted by Crippen LogP contribution is 2.20. The number of amides is 1. The molecule has 26 heavy (non-hydrogen) atoms. The number of carbonyl (C=O) groups is 2. The van der Waals surface area contributed by atoms with Gasteiger partial charge in [-0.25, -0.2) is 0 Å². The number of para-hydroxylation sites is 2. The highest BCUT2D eigenvalue weighted by Gasteiger charge is 2.14. The van der Waals surface area contributed by atoms with Crippen LogP contribution in [0.15, 0.2) is 78.9 Å². The Labute approximate surface area is 165 Å². The molecule has 130 valence electrons. The number of Topliss-reactive ketones (excluding diaryl/α,β-unsaturated/α-hetero) is 1. The molecule has 0 spiro atoms. The number of hydrogen-bond acceptors (Lipinski definition) is 3. The molecule has 0 aliphatic heterocycles. The van der Waals surface area contributed by atoms with Crippen LogP contribution in [0, 0.1) is 3.57 Å². The van der Waals surface area contributed by atoms with E-state index in [1.165, 1.54) is 0 Å². The van der Waals surface area contributed by atoms with Crippen molar-refractivity contribution in [2.24, 2.45) is 0 Å². The molecule has 5 heteroatoms. The van der Waals surface area contributed by atoms with Crippen molar-refractivity contribution in [3.05, 3.63) is 93.6 Å². The van der Waals surface area contributed by atoms with Crippen LogP contribution in [-0.2, 0) is 0 Å². The van der Waals surface area contributed by atoms with Gasteiger partial charge in [-0.05, 0) is 59.0 Å². The van der Waals surface area contributed by atoms with Crippen LogP contribution in [0.25, 0.3) is 0 Å². The van der Waals surface area contributed by atoms with E-state index in [-0.39, 0.29) is 18.3 Å². The fourth-order valence-electron chi connectivity index (χ4n) is 2.36. The Hall–Kier alpha value is -2.67. The first kappa shape index (κ1) is 18.1. The molecule has 3 aromatic rings. The standard InChI is InChI=1S/C21H16INO3/c22-16-12-10-15(11-13-16)19(24)14-26-20-9-5-4-8-18(20)21(25)23-17-6-2-1-3-7-17/h1-13H,14H2,(H,23,25). The molecule has 0 atom stereocenters. The molecule has 0 bridgehead atoms. The van der Waals surface area contributed by atoms with Gasteiger partial charge in [-0.1, -0.05) is 42.5 Å². The van der Waals surface area contributed by atoms with Gasteiger partial charge in [0.05, 0.1) is 5.56 Å². The van der Waals surface area contributed by atoms with Crippen molar-refractivity contribution in [1.29, 1.82) is 0 Å². The van der Waals surface area contributed by atoms with Crippen molar-refractivity contribution in [3.63, 3.8) is 0 Å². The maximum atomic E-state index is 12.5. The summed E-state index contributed by atoms with van der Waals surface area (Å²) < 4.78 is 6.69. The molecular weight excluding hydrogens is 441 g/mol. The first-order valence-corrected chi connectivity index (χ1v) is 9.08. The first-order valence-electron chi connectivity index (χ1n) is 8.00. The third kappa shape index (κ3) is 4.70. The Morgan fingerprint density at radius 3 is 2.23 bits per heavy atom. The van der Waals surface area contributed by atoms with Gasteiger partial charge in [-0.3, -0.25) is 9.59 Å². The van der Waals surface area contributed by atoms with Crippen molar-refractivity contribution in [2.45, 2.75) is 0 Å². The summed E-state index contributed by atoms with van der Waals surface area (Å²) in [6.07, 6.45) is 0. The quantitative estimate of drug-likeness (QED) is 0.427. The van der Waals surface area contributed by atoms with Crippen molar-refractivity contribution in [2.75, 3.05) is 11.9 Å². The van der Waals surface area contributed by atoms with Crippen LogP contribution in [0.5, 0.6) is 5.75 Å². The monoisotopic (exact) mass is 457 g/mol. The van der Waals surface area contributed by atoms with E-state index in [1.807, 2.05) is 42.5 Å². The van der Waals surface area contributed by atoms with E-state index >= 15 is 0 Å². The van der Waals surface area contributed by atoms with E-state index in [9.17, 15) is 9.59 Å². The lowest BCUT2D eigenvalue weighted by Crippen LogP contribution is -2.16. The number of ketones is 1. The summed E-state index contributed by atoms with van der Waals surface area (Å²) in [7, 11) is 0. The van der Waals surface area contributed by atoms with Crippen LogP contribution in [-0.4, -0.2) is 18.3 Å². The molecule has 0 aliphatic carbocycles. The maximum Gasteiger partial charge on any atom is 0.259 e. The van der Waals surface area contributed by atoms with E-state index in [0.717, 1.165) is 3.57 Å². The van der Waals surface area contributed by atoms with E-state index in [2.05, 4.69) is 27.9 Å². The molecule has 0 aliphatic rings. The third-order valence-corrected chi connectivity index (χ3v) is 4.41. The lowest BCUT2D eigenvalue weighted by molar-refractivity contribution is 0.0914. The van der Waals surface area contributed by atoms with Gasteiger partial charge in [0, 0.05) is 14.8 Å². The molecule has 0 saturated heterocycles. The Balaban J connectivity index is 1.70. The van der Waals surface area contributed by atoms with Gasteiger partial charge in [0.25, 0.3) is 5.91 Å². The van der Waals surface area contributed by atoms with Crippen molar-refractivity contribution >= 4 is 40.0 Å². The number of benzene rings is 3. The van der Waals surface area contributed by atoms with Gasteiger partial charge in [-0.15, -0.1) is 0 Å². The predicted octanol–water partition coefficient (Wildman–Crippen LogP) is 4.81. The van der Waals surface area contributed by atoms with Gasteiger partial charge < -0.3 is 10.1 Å². The molecule has 0 radical (unpaired) electrons.